The molecule has 0 radical (unpaired) electrons. The van der Waals surface area contributed by atoms with Crippen molar-refractivity contribution in [2.75, 3.05) is 13.1 Å². The molecule has 104 valence electrons. The summed E-state index contributed by atoms with van der Waals surface area (Å²) in [6.07, 6.45) is 5.98. The van der Waals surface area contributed by atoms with Gasteiger partial charge in [-0.2, -0.15) is 0 Å². The average molecular weight is 259 g/mol. The van der Waals surface area contributed by atoms with E-state index >= 15 is 0 Å². The molecule has 0 atom stereocenters. The third-order valence-electron chi connectivity index (χ3n) is 4.32. The molecule has 0 aliphatic heterocycles. The van der Waals surface area contributed by atoms with Gasteiger partial charge in [-0.05, 0) is 31.9 Å². The SMILES string of the molecule is CCN(CCC(=O)c1ccccc1C)C1CCCC1. The fraction of sp³-hybridized carbons (Fsp3) is 0.588. The van der Waals surface area contributed by atoms with Crippen LogP contribution in [-0.4, -0.2) is 29.8 Å². The molecule has 1 aliphatic carbocycles. The number of nitrogens with zero attached hydrogens (tertiary/aromatic N) is 1. The van der Waals surface area contributed by atoms with E-state index in [9.17, 15) is 4.79 Å². The maximum absolute atomic E-state index is 12.3. The van der Waals surface area contributed by atoms with Crippen LogP contribution in [0, 0.1) is 6.92 Å². The van der Waals surface area contributed by atoms with Crippen LogP contribution >= 0.6 is 0 Å². The summed E-state index contributed by atoms with van der Waals surface area (Å²) in [5, 5.41) is 0. The minimum atomic E-state index is 0.287. The molecule has 1 aromatic rings. The van der Waals surface area contributed by atoms with Crippen LogP contribution in [0.5, 0.6) is 0 Å². The predicted octanol–water partition coefficient (Wildman–Crippen LogP) is 3.83. The molecule has 0 N–H and O–H groups in total. The molecule has 0 spiro atoms. The first kappa shape index (κ1) is 14.3. The highest BCUT2D eigenvalue weighted by molar-refractivity contribution is 5.97. The molecule has 1 saturated carbocycles. The fourth-order valence-corrected chi connectivity index (χ4v) is 3.13. The Balaban J connectivity index is 1.90. The van der Waals surface area contributed by atoms with Gasteiger partial charge in [0.1, 0.15) is 0 Å². The molecular formula is C17H25NO. The zero-order valence-corrected chi connectivity index (χ0v) is 12.2. The molecule has 0 saturated heterocycles. The standard InChI is InChI=1S/C17H25NO/c1-3-18(15-9-5-6-10-15)13-12-17(19)16-11-7-4-8-14(16)2/h4,7-8,11,15H,3,5-6,9-10,12-13H2,1-2H3. The smallest absolute Gasteiger partial charge is 0.164 e. The molecule has 0 amide bonds. The maximum Gasteiger partial charge on any atom is 0.164 e. The van der Waals surface area contributed by atoms with Gasteiger partial charge in [0.2, 0.25) is 0 Å². The first-order valence-electron chi connectivity index (χ1n) is 7.55. The number of carbonyl (C=O) groups is 1. The molecule has 1 fully saturated rings. The Morgan fingerprint density at radius 2 is 1.95 bits per heavy atom. The lowest BCUT2D eigenvalue weighted by Gasteiger charge is -2.27. The minimum Gasteiger partial charge on any atom is -0.300 e. The minimum absolute atomic E-state index is 0.287. The van der Waals surface area contributed by atoms with Crippen LogP contribution in [-0.2, 0) is 0 Å². The third kappa shape index (κ3) is 3.66. The van der Waals surface area contributed by atoms with Crippen molar-refractivity contribution < 1.29 is 4.79 Å². The summed E-state index contributed by atoms with van der Waals surface area (Å²) in [5.74, 6) is 0.287. The van der Waals surface area contributed by atoms with Crippen LogP contribution in [0.25, 0.3) is 0 Å². The second-order valence-corrected chi connectivity index (χ2v) is 5.55. The molecule has 0 bridgehead atoms. The van der Waals surface area contributed by atoms with E-state index in [-0.39, 0.29) is 5.78 Å². The van der Waals surface area contributed by atoms with Crippen LogP contribution in [0.2, 0.25) is 0 Å². The van der Waals surface area contributed by atoms with Crippen molar-refractivity contribution in [1.29, 1.82) is 0 Å². The van der Waals surface area contributed by atoms with Crippen molar-refractivity contribution in [2.45, 2.75) is 52.0 Å². The summed E-state index contributed by atoms with van der Waals surface area (Å²) in [6, 6.07) is 8.62. The van der Waals surface area contributed by atoms with E-state index in [0.29, 0.717) is 6.42 Å². The quantitative estimate of drug-likeness (QED) is 0.724. The summed E-state index contributed by atoms with van der Waals surface area (Å²) in [4.78, 5) is 14.8. The monoisotopic (exact) mass is 259 g/mol. The lowest BCUT2D eigenvalue weighted by Crippen LogP contribution is -2.34. The molecular weight excluding hydrogens is 234 g/mol. The zero-order chi connectivity index (χ0) is 13.7. The van der Waals surface area contributed by atoms with Gasteiger partial charge in [0.25, 0.3) is 0 Å². The highest BCUT2D eigenvalue weighted by Crippen LogP contribution is 2.23. The molecule has 0 aromatic heterocycles. The average Bonchev–Trinajstić information content (AvgIpc) is 2.94. The molecule has 2 nitrogen and oxygen atoms in total. The maximum atomic E-state index is 12.3. The van der Waals surface area contributed by atoms with Gasteiger partial charge in [-0.15, -0.1) is 0 Å². The Morgan fingerprint density at radius 1 is 1.26 bits per heavy atom. The van der Waals surface area contributed by atoms with Gasteiger partial charge in [0, 0.05) is 24.6 Å². The number of hydrogen-bond donors (Lipinski definition) is 0. The lowest BCUT2D eigenvalue weighted by atomic mass is 10.0. The first-order chi connectivity index (χ1) is 9.22. The van der Waals surface area contributed by atoms with Crippen molar-refractivity contribution >= 4 is 5.78 Å². The van der Waals surface area contributed by atoms with Crippen molar-refractivity contribution in [3.63, 3.8) is 0 Å². The van der Waals surface area contributed by atoms with Gasteiger partial charge in [-0.25, -0.2) is 0 Å². The molecule has 19 heavy (non-hydrogen) atoms. The molecule has 1 aliphatic rings. The van der Waals surface area contributed by atoms with Crippen molar-refractivity contribution in [3.8, 4) is 0 Å². The van der Waals surface area contributed by atoms with Crippen molar-refractivity contribution in [1.82, 2.24) is 4.90 Å². The molecule has 2 heteroatoms. The van der Waals surface area contributed by atoms with Crippen LogP contribution in [0.3, 0.4) is 0 Å². The topological polar surface area (TPSA) is 20.3 Å². The largest absolute Gasteiger partial charge is 0.300 e. The number of hydrogen-bond acceptors (Lipinski definition) is 2. The van der Waals surface area contributed by atoms with E-state index in [1.165, 1.54) is 25.7 Å². The molecule has 2 rings (SSSR count). The van der Waals surface area contributed by atoms with Gasteiger partial charge in [-0.1, -0.05) is 44.0 Å². The highest BCUT2D eigenvalue weighted by atomic mass is 16.1. The Kier molecular flexibility index (Phi) is 5.15. The first-order valence-corrected chi connectivity index (χ1v) is 7.55. The number of aryl methyl sites for hydroxylation is 1. The number of Topliss-reactive ketones (excluding diaryl/α,β-unsaturated/α-hetero) is 1. The zero-order valence-electron chi connectivity index (χ0n) is 12.2. The van der Waals surface area contributed by atoms with Gasteiger partial charge in [0.15, 0.2) is 5.78 Å². The summed E-state index contributed by atoms with van der Waals surface area (Å²) >= 11 is 0. The summed E-state index contributed by atoms with van der Waals surface area (Å²) in [7, 11) is 0. The summed E-state index contributed by atoms with van der Waals surface area (Å²) in [6.45, 7) is 6.19. The summed E-state index contributed by atoms with van der Waals surface area (Å²) < 4.78 is 0. The van der Waals surface area contributed by atoms with E-state index in [0.717, 1.165) is 30.3 Å². The van der Waals surface area contributed by atoms with Gasteiger partial charge in [-0.3, -0.25) is 4.79 Å². The Bertz CT molecular complexity index is 421. The molecule has 1 aromatic carbocycles. The highest BCUT2D eigenvalue weighted by Gasteiger charge is 2.21. The Labute approximate surface area is 116 Å². The van der Waals surface area contributed by atoms with E-state index in [1.54, 1.807) is 0 Å². The predicted molar refractivity (Wildman–Crippen MR) is 79.6 cm³/mol. The summed E-state index contributed by atoms with van der Waals surface area (Å²) in [5.41, 5.74) is 1.99. The van der Waals surface area contributed by atoms with E-state index < -0.39 is 0 Å². The number of ketones is 1. The number of benzene rings is 1. The fourth-order valence-electron chi connectivity index (χ4n) is 3.13. The van der Waals surface area contributed by atoms with Crippen LogP contribution in [0.15, 0.2) is 24.3 Å². The van der Waals surface area contributed by atoms with Gasteiger partial charge in [0.05, 0.1) is 0 Å². The third-order valence-corrected chi connectivity index (χ3v) is 4.32. The Hall–Kier alpha value is -1.15. The van der Waals surface area contributed by atoms with Gasteiger partial charge >= 0.3 is 0 Å². The Morgan fingerprint density at radius 3 is 2.58 bits per heavy atom. The molecule has 0 unspecified atom stereocenters. The van der Waals surface area contributed by atoms with Crippen LogP contribution in [0.4, 0.5) is 0 Å². The van der Waals surface area contributed by atoms with Crippen LogP contribution < -0.4 is 0 Å². The second-order valence-electron chi connectivity index (χ2n) is 5.55. The van der Waals surface area contributed by atoms with Crippen molar-refractivity contribution in [3.05, 3.63) is 35.4 Å². The van der Waals surface area contributed by atoms with E-state index in [1.807, 2.05) is 31.2 Å². The number of carbonyl (C=O) groups excluding carboxylic acids is 1. The van der Waals surface area contributed by atoms with Crippen molar-refractivity contribution in [2.24, 2.45) is 0 Å². The van der Waals surface area contributed by atoms with E-state index in [4.69, 9.17) is 0 Å². The van der Waals surface area contributed by atoms with Gasteiger partial charge < -0.3 is 4.90 Å². The second kappa shape index (κ2) is 6.85. The lowest BCUT2D eigenvalue weighted by molar-refractivity contribution is 0.0952. The number of rotatable bonds is 6. The van der Waals surface area contributed by atoms with E-state index in [2.05, 4.69) is 11.8 Å². The molecule has 0 heterocycles. The normalized spacial score (nSPS) is 16.2. The van der Waals surface area contributed by atoms with Crippen LogP contribution in [0.1, 0.15) is 54.9 Å².